The Labute approximate surface area is 242 Å². The number of aryl methyl sites for hydroxylation is 2. The molecule has 1 N–H and O–H groups in total. The lowest BCUT2D eigenvalue weighted by Gasteiger charge is -2.34. The van der Waals surface area contributed by atoms with E-state index in [1.165, 1.54) is 19.0 Å². The van der Waals surface area contributed by atoms with Gasteiger partial charge in [0.15, 0.2) is 0 Å². The van der Waals surface area contributed by atoms with Crippen molar-refractivity contribution in [1.29, 1.82) is 0 Å². The van der Waals surface area contributed by atoms with Crippen LogP contribution in [0.25, 0.3) is 0 Å². The summed E-state index contributed by atoms with van der Waals surface area (Å²) in [5.41, 5.74) is 2.43. The van der Waals surface area contributed by atoms with E-state index < -0.39 is 28.7 Å². The average molecular weight is 598 g/mol. The van der Waals surface area contributed by atoms with Gasteiger partial charge < -0.3 is 10.2 Å². The second-order valence-corrected chi connectivity index (χ2v) is 13.2. The minimum absolute atomic E-state index is 0.0510. The molecule has 2 aromatic carbocycles. The number of benzene rings is 2. The van der Waals surface area contributed by atoms with E-state index in [2.05, 4.69) is 5.32 Å². The summed E-state index contributed by atoms with van der Waals surface area (Å²) in [6.07, 6.45) is 5.02. The normalized spacial score (nSPS) is 15.2. The van der Waals surface area contributed by atoms with Gasteiger partial charge in [-0.1, -0.05) is 60.7 Å². The predicted octanol–water partition coefficient (Wildman–Crippen LogP) is 5.09. The molecule has 0 unspecified atom stereocenters. The predicted molar refractivity (Wildman–Crippen MR) is 157 cm³/mol. The van der Waals surface area contributed by atoms with Gasteiger partial charge in [0, 0.05) is 42.3 Å². The molecular formula is C28H38Cl2N4O4S. The quantitative estimate of drug-likeness (QED) is 0.413. The molecule has 1 atom stereocenters. The summed E-state index contributed by atoms with van der Waals surface area (Å²) < 4.78 is 29.0. The Kier molecular flexibility index (Phi) is 10.7. The van der Waals surface area contributed by atoms with Crippen molar-refractivity contribution in [2.75, 3.05) is 24.9 Å². The molecule has 0 bridgehead atoms. The van der Waals surface area contributed by atoms with Crippen LogP contribution in [0.1, 0.15) is 55.7 Å². The number of hydrogen-bond donors (Lipinski definition) is 1. The van der Waals surface area contributed by atoms with E-state index in [-0.39, 0.29) is 18.5 Å². The molecule has 39 heavy (non-hydrogen) atoms. The molecule has 214 valence electrons. The largest absolute Gasteiger partial charge is 0.352 e. The summed E-state index contributed by atoms with van der Waals surface area (Å²) in [6, 6.07) is 9.61. The number of halogens is 2. The Bertz CT molecular complexity index is 1280. The molecule has 1 aliphatic rings. The molecular weight excluding hydrogens is 559 g/mol. The summed E-state index contributed by atoms with van der Waals surface area (Å²) in [5.74, 6) is -0.851. The fourth-order valence-corrected chi connectivity index (χ4v) is 6.33. The average Bonchev–Trinajstić information content (AvgIpc) is 2.88. The molecule has 0 heterocycles. The Morgan fingerprint density at radius 3 is 2.23 bits per heavy atom. The van der Waals surface area contributed by atoms with Crippen LogP contribution in [-0.2, 0) is 26.3 Å². The first kappa shape index (κ1) is 31.2. The van der Waals surface area contributed by atoms with E-state index in [0.29, 0.717) is 26.9 Å². The van der Waals surface area contributed by atoms with Crippen LogP contribution in [0.5, 0.6) is 0 Å². The third-order valence-electron chi connectivity index (χ3n) is 7.16. The number of carbonyl (C=O) groups is 2. The van der Waals surface area contributed by atoms with Crippen molar-refractivity contribution in [3.63, 3.8) is 0 Å². The van der Waals surface area contributed by atoms with E-state index in [0.717, 1.165) is 46.3 Å². The van der Waals surface area contributed by atoms with Crippen molar-refractivity contribution >= 4 is 50.9 Å². The topological polar surface area (TPSA) is 90.0 Å². The molecule has 3 rings (SSSR count). The highest BCUT2D eigenvalue weighted by Gasteiger charge is 2.34. The highest BCUT2D eigenvalue weighted by Crippen LogP contribution is 2.29. The van der Waals surface area contributed by atoms with Gasteiger partial charge in [-0.3, -0.25) is 9.59 Å². The Morgan fingerprint density at radius 1 is 1.03 bits per heavy atom. The van der Waals surface area contributed by atoms with Crippen molar-refractivity contribution in [1.82, 2.24) is 14.5 Å². The lowest BCUT2D eigenvalue weighted by atomic mass is 9.95. The number of amides is 2. The Balaban J connectivity index is 2.00. The van der Waals surface area contributed by atoms with Gasteiger partial charge >= 0.3 is 10.2 Å². The van der Waals surface area contributed by atoms with Crippen molar-refractivity contribution in [2.24, 2.45) is 0 Å². The van der Waals surface area contributed by atoms with E-state index in [1.807, 2.05) is 19.1 Å². The second-order valence-electron chi connectivity index (χ2n) is 10.3. The summed E-state index contributed by atoms with van der Waals surface area (Å²) >= 11 is 12.9. The number of nitrogens with one attached hydrogen (secondary N) is 1. The monoisotopic (exact) mass is 596 g/mol. The number of anilines is 1. The minimum atomic E-state index is -4.05. The van der Waals surface area contributed by atoms with Crippen molar-refractivity contribution in [3.05, 3.63) is 63.1 Å². The van der Waals surface area contributed by atoms with Crippen LogP contribution >= 0.6 is 23.2 Å². The minimum Gasteiger partial charge on any atom is -0.352 e. The van der Waals surface area contributed by atoms with Crippen molar-refractivity contribution in [3.8, 4) is 0 Å². The van der Waals surface area contributed by atoms with E-state index in [9.17, 15) is 18.0 Å². The van der Waals surface area contributed by atoms with E-state index in [4.69, 9.17) is 23.2 Å². The molecule has 0 spiro atoms. The number of rotatable bonds is 10. The maximum Gasteiger partial charge on any atom is 0.304 e. The number of nitrogens with zero attached hydrogens (tertiary/aromatic N) is 3. The fraction of sp³-hybridized carbons (Fsp3) is 0.500. The molecule has 8 nitrogen and oxygen atoms in total. The van der Waals surface area contributed by atoms with Crippen molar-refractivity contribution < 1.29 is 18.0 Å². The molecule has 0 radical (unpaired) electrons. The third-order valence-corrected chi connectivity index (χ3v) is 9.68. The maximum atomic E-state index is 14.0. The zero-order chi connectivity index (χ0) is 28.9. The van der Waals surface area contributed by atoms with E-state index >= 15 is 0 Å². The SMILES string of the molecule is Cc1ccc(C)c(N(CC(=O)N(Cc2c(Cl)cccc2Cl)[C@H](C)C(=O)NC2CCCCC2)S(=O)(=O)N(C)C)c1. The van der Waals surface area contributed by atoms with Gasteiger partial charge in [0.25, 0.3) is 0 Å². The molecule has 0 aliphatic heterocycles. The first-order valence-corrected chi connectivity index (χ1v) is 15.3. The molecule has 1 aliphatic carbocycles. The standard InChI is InChI=1S/C28H38Cl2N4O4S/c1-19-14-15-20(2)26(16-19)34(39(37,38)32(4)5)18-27(35)33(17-23-24(29)12-9-13-25(23)30)21(3)28(36)31-22-10-7-6-8-11-22/h9,12-16,21-22H,6-8,10-11,17-18H2,1-5H3,(H,31,36)/t21-/m1/s1. The lowest BCUT2D eigenvalue weighted by Crippen LogP contribution is -2.53. The van der Waals surface area contributed by atoms with Crippen LogP contribution in [0.3, 0.4) is 0 Å². The lowest BCUT2D eigenvalue weighted by molar-refractivity contribution is -0.139. The smallest absolute Gasteiger partial charge is 0.304 e. The van der Waals surface area contributed by atoms with Gasteiger partial charge in [-0.15, -0.1) is 0 Å². The highest BCUT2D eigenvalue weighted by molar-refractivity contribution is 7.90. The summed E-state index contributed by atoms with van der Waals surface area (Å²) in [4.78, 5) is 28.7. The maximum absolute atomic E-state index is 14.0. The number of hydrogen-bond acceptors (Lipinski definition) is 4. The molecule has 2 aromatic rings. The van der Waals surface area contributed by atoms with Gasteiger partial charge in [0.05, 0.1) is 5.69 Å². The van der Waals surface area contributed by atoms with Gasteiger partial charge in [0.2, 0.25) is 11.8 Å². The first-order chi connectivity index (χ1) is 18.3. The van der Waals surface area contributed by atoms with Crippen LogP contribution in [0, 0.1) is 13.8 Å². The molecule has 0 saturated heterocycles. The molecule has 1 saturated carbocycles. The molecule has 1 fully saturated rings. The zero-order valence-electron chi connectivity index (χ0n) is 23.2. The van der Waals surface area contributed by atoms with Gasteiger partial charge in [-0.25, -0.2) is 4.31 Å². The van der Waals surface area contributed by atoms with Crippen molar-refractivity contribution in [2.45, 2.75) is 71.5 Å². The van der Waals surface area contributed by atoms with Crippen LogP contribution in [-0.4, -0.2) is 62.2 Å². The summed E-state index contributed by atoms with van der Waals surface area (Å²) in [7, 11) is -1.22. The van der Waals surface area contributed by atoms with Crippen LogP contribution in [0.4, 0.5) is 5.69 Å². The highest BCUT2D eigenvalue weighted by atomic mass is 35.5. The molecule has 0 aromatic heterocycles. The molecule has 11 heteroatoms. The third kappa shape index (κ3) is 7.66. The van der Waals surface area contributed by atoms with Crippen LogP contribution in [0.2, 0.25) is 10.0 Å². The Hall–Kier alpha value is -2.33. The first-order valence-electron chi connectivity index (χ1n) is 13.1. The zero-order valence-corrected chi connectivity index (χ0v) is 25.5. The summed E-state index contributed by atoms with van der Waals surface area (Å²) in [6.45, 7) is 4.73. The van der Waals surface area contributed by atoms with Gasteiger partial charge in [-0.2, -0.15) is 12.7 Å². The van der Waals surface area contributed by atoms with E-state index in [1.54, 1.807) is 38.1 Å². The number of carbonyl (C=O) groups excluding carboxylic acids is 2. The van der Waals surface area contributed by atoms with Crippen LogP contribution in [0.15, 0.2) is 36.4 Å². The Morgan fingerprint density at radius 2 is 1.64 bits per heavy atom. The van der Waals surface area contributed by atoms with Crippen LogP contribution < -0.4 is 9.62 Å². The molecule has 2 amide bonds. The second kappa shape index (κ2) is 13.4. The van der Waals surface area contributed by atoms with Gasteiger partial charge in [-0.05, 0) is 62.9 Å². The van der Waals surface area contributed by atoms with Gasteiger partial charge in [0.1, 0.15) is 12.6 Å². The fourth-order valence-electron chi connectivity index (χ4n) is 4.70. The summed E-state index contributed by atoms with van der Waals surface area (Å²) in [5, 5.41) is 3.79.